The van der Waals surface area contributed by atoms with Gasteiger partial charge in [-0.15, -0.1) is 0 Å². The highest BCUT2D eigenvalue weighted by Gasteiger charge is 2.13. The van der Waals surface area contributed by atoms with Crippen molar-refractivity contribution in [2.24, 2.45) is 0 Å². The van der Waals surface area contributed by atoms with Gasteiger partial charge in [0.05, 0.1) is 7.11 Å². The number of aryl methyl sites for hydroxylation is 2. The van der Waals surface area contributed by atoms with Crippen LogP contribution in [-0.4, -0.2) is 13.0 Å². The van der Waals surface area contributed by atoms with Gasteiger partial charge in [-0.2, -0.15) is 5.26 Å². The van der Waals surface area contributed by atoms with Crippen LogP contribution in [-0.2, 0) is 11.4 Å². The van der Waals surface area contributed by atoms with Crippen LogP contribution in [0.15, 0.2) is 66.2 Å². The lowest BCUT2D eigenvalue weighted by atomic mass is 10.1. The summed E-state index contributed by atoms with van der Waals surface area (Å²) in [5, 5.41) is 12.3. The predicted octanol–water partition coefficient (Wildman–Crippen LogP) is 5.58. The minimum Gasteiger partial charge on any atom is -0.493 e. The molecule has 1 amide bonds. The standard InChI is InChI=1S/C26H23FN2O3/c1-17-5-4-6-18(2)25(17)29-26(30)21(15-28)13-20-9-12-23(24(14-20)31-3)32-16-19-7-10-22(27)11-8-19/h4-14H,16H2,1-3H3,(H,29,30)/b21-13-. The lowest BCUT2D eigenvalue weighted by Gasteiger charge is -2.12. The van der Waals surface area contributed by atoms with E-state index in [2.05, 4.69) is 5.32 Å². The molecule has 0 heterocycles. The van der Waals surface area contributed by atoms with E-state index in [9.17, 15) is 14.4 Å². The van der Waals surface area contributed by atoms with Crippen LogP contribution in [0.25, 0.3) is 6.08 Å². The molecular weight excluding hydrogens is 407 g/mol. The number of benzene rings is 3. The number of rotatable bonds is 7. The molecule has 6 heteroatoms. The Bertz CT molecular complexity index is 1170. The number of halogens is 1. The average molecular weight is 430 g/mol. The Morgan fingerprint density at radius 2 is 1.75 bits per heavy atom. The van der Waals surface area contributed by atoms with Crippen LogP contribution in [0.3, 0.4) is 0 Å². The number of anilines is 1. The van der Waals surface area contributed by atoms with Gasteiger partial charge < -0.3 is 14.8 Å². The van der Waals surface area contributed by atoms with Crippen LogP contribution in [0, 0.1) is 31.0 Å². The van der Waals surface area contributed by atoms with Crippen LogP contribution in [0.5, 0.6) is 11.5 Å². The van der Waals surface area contributed by atoms with Crippen LogP contribution < -0.4 is 14.8 Å². The topological polar surface area (TPSA) is 71.3 Å². The molecule has 3 aromatic rings. The summed E-state index contributed by atoms with van der Waals surface area (Å²) in [6.45, 7) is 4.04. The van der Waals surface area contributed by atoms with Gasteiger partial charge in [0.25, 0.3) is 5.91 Å². The zero-order valence-electron chi connectivity index (χ0n) is 18.1. The van der Waals surface area contributed by atoms with Gasteiger partial charge in [-0.05, 0) is 66.4 Å². The van der Waals surface area contributed by atoms with Crippen LogP contribution >= 0.6 is 0 Å². The molecule has 162 valence electrons. The maximum absolute atomic E-state index is 13.0. The second kappa shape index (κ2) is 10.3. The highest BCUT2D eigenvalue weighted by Crippen LogP contribution is 2.30. The SMILES string of the molecule is COc1cc(/C=C(/C#N)C(=O)Nc2c(C)cccc2C)ccc1OCc1ccc(F)cc1. The van der Waals surface area contributed by atoms with Crippen molar-refractivity contribution in [3.8, 4) is 17.6 Å². The predicted molar refractivity (Wildman–Crippen MR) is 122 cm³/mol. The molecule has 5 nitrogen and oxygen atoms in total. The molecule has 0 aromatic heterocycles. The van der Waals surface area contributed by atoms with Crippen molar-refractivity contribution in [2.75, 3.05) is 12.4 Å². The van der Waals surface area contributed by atoms with E-state index in [0.29, 0.717) is 22.7 Å². The molecule has 1 N–H and O–H groups in total. The Labute approximate surface area is 186 Å². The molecular formula is C26H23FN2O3. The van der Waals surface area contributed by atoms with Crippen molar-refractivity contribution in [2.45, 2.75) is 20.5 Å². The monoisotopic (exact) mass is 430 g/mol. The number of carbonyl (C=O) groups is 1. The first-order chi connectivity index (χ1) is 15.4. The first kappa shape index (κ1) is 22.6. The van der Waals surface area contributed by atoms with E-state index < -0.39 is 5.91 Å². The third kappa shape index (κ3) is 5.52. The van der Waals surface area contributed by atoms with Crippen LogP contribution in [0.4, 0.5) is 10.1 Å². The Morgan fingerprint density at radius 1 is 1.06 bits per heavy atom. The summed E-state index contributed by atoms with van der Waals surface area (Å²) < 4.78 is 24.2. The number of hydrogen-bond acceptors (Lipinski definition) is 4. The smallest absolute Gasteiger partial charge is 0.266 e. The van der Waals surface area contributed by atoms with E-state index in [1.807, 2.05) is 38.1 Å². The van der Waals surface area contributed by atoms with Gasteiger partial charge >= 0.3 is 0 Å². The lowest BCUT2D eigenvalue weighted by Crippen LogP contribution is -2.15. The van der Waals surface area contributed by atoms with E-state index in [4.69, 9.17) is 9.47 Å². The Balaban J connectivity index is 1.77. The van der Waals surface area contributed by atoms with Crippen LogP contribution in [0.2, 0.25) is 0 Å². The molecule has 0 aliphatic rings. The fraction of sp³-hybridized carbons (Fsp3) is 0.154. The largest absolute Gasteiger partial charge is 0.493 e. The number of hydrogen-bond donors (Lipinski definition) is 1. The van der Waals surface area contributed by atoms with Crippen molar-refractivity contribution >= 4 is 17.7 Å². The number of ether oxygens (including phenoxy) is 2. The molecule has 0 unspecified atom stereocenters. The highest BCUT2D eigenvalue weighted by atomic mass is 19.1. The summed E-state index contributed by atoms with van der Waals surface area (Å²) in [7, 11) is 1.51. The number of nitriles is 1. The van der Waals surface area contributed by atoms with Gasteiger partial charge in [0, 0.05) is 5.69 Å². The number of amides is 1. The molecule has 0 spiro atoms. The zero-order valence-corrected chi connectivity index (χ0v) is 18.1. The van der Waals surface area contributed by atoms with Gasteiger partial charge in [-0.25, -0.2) is 4.39 Å². The van der Waals surface area contributed by atoms with E-state index in [1.54, 1.807) is 30.3 Å². The zero-order chi connectivity index (χ0) is 23.1. The van der Waals surface area contributed by atoms with Crippen molar-refractivity contribution in [1.82, 2.24) is 0 Å². The van der Waals surface area contributed by atoms with Gasteiger partial charge in [0.15, 0.2) is 11.5 Å². The van der Waals surface area contributed by atoms with Gasteiger partial charge in [-0.1, -0.05) is 36.4 Å². The molecule has 0 radical (unpaired) electrons. The number of carbonyl (C=O) groups excluding carboxylic acids is 1. The maximum atomic E-state index is 13.0. The molecule has 0 aliphatic carbocycles. The van der Waals surface area contributed by atoms with Crippen molar-refractivity contribution in [1.29, 1.82) is 5.26 Å². The number of nitrogens with one attached hydrogen (secondary N) is 1. The average Bonchev–Trinajstić information content (AvgIpc) is 2.79. The second-order valence-corrected chi connectivity index (χ2v) is 7.22. The first-order valence-corrected chi connectivity index (χ1v) is 9.96. The normalized spacial score (nSPS) is 10.9. The summed E-state index contributed by atoms with van der Waals surface area (Å²) in [5.74, 6) is 0.152. The summed E-state index contributed by atoms with van der Waals surface area (Å²) in [6, 6.07) is 18.8. The lowest BCUT2D eigenvalue weighted by molar-refractivity contribution is -0.112. The van der Waals surface area contributed by atoms with Crippen molar-refractivity contribution in [3.05, 3.63) is 94.3 Å². The fourth-order valence-corrected chi connectivity index (χ4v) is 3.14. The van der Waals surface area contributed by atoms with Crippen molar-refractivity contribution < 1.29 is 18.7 Å². The molecule has 0 atom stereocenters. The maximum Gasteiger partial charge on any atom is 0.266 e. The quantitative estimate of drug-likeness (QED) is 0.393. The summed E-state index contributed by atoms with van der Waals surface area (Å²) >= 11 is 0. The number of methoxy groups -OCH3 is 1. The molecule has 0 saturated carbocycles. The third-order valence-electron chi connectivity index (χ3n) is 4.89. The van der Waals surface area contributed by atoms with E-state index in [-0.39, 0.29) is 18.0 Å². The minimum absolute atomic E-state index is 0.0327. The summed E-state index contributed by atoms with van der Waals surface area (Å²) in [6.07, 6.45) is 1.50. The Hall–Kier alpha value is -4.11. The molecule has 32 heavy (non-hydrogen) atoms. The Kier molecular flexibility index (Phi) is 7.25. The van der Waals surface area contributed by atoms with E-state index in [0.717, 1.165) is 16.7 Å². The van der Waals surface area contributed by atoms with Gasteiger partial charge in [0.1, 0.15) is 24.1 Å². The van der Waals surface area contributed by atoms with E-state index in [1.165, 1.54) is 25.3 Å². The van der Waals surface area contributed by atoms with Crippen molar-refractivity contribution in [3.63, 3.8) is 0 Å². The molecule has 3 rings (SSSR count). The van der Waals surface area contributed by atoms with Crippen LogP contribution in [0.1, 0.15) is 22.3 Å². The Morgan fingerprint density at radius 3 is 2.38 bits per heavy atom. The minimum atomic E-state index is -0.486. The molecule has 0 bridgehead atoms. The summed E-state index contributed by atoms with van der Waals surface area (Å²) in [5.41, 5.74) is 3.92. The van der Waals surface area contributed by atoms with Gasteiger partial charge in [-0.3, -0.25) is 4.79 Å². The van der Waals surface area contributed by atoms with Gasteiger partial charge in [0.2, 0.25) is 0 Å². The van der Waals surface area contributed by atoms with E-state index >= 15 is 0 Å². The highest BCUT2D eigenvalue weighted by molar-refractivity contribution is 6.10. The summed E-state index contributed by atoms with van der Waals surface area (Å²) in [4.78, 5) is 12.7. The molecule has 0 aliphatic heterocycles. The molecule has 0 saturated heterocycles. The molecule has 0 fully saturated rings. The first-order valence-electron chi connectivity index (χ1n) is 9.96. The second-order valence-electron chi connectivity index (χ2n) is 7.22. The number of nitrogens with zero attached hydrogens (tertiary/aromatic N) is 1. The third-order valence-corrected chi connectivity index (χ3v) is 4.89. The fourth-order valence-electron chi connectivity index (χ4n) is 3.14. The molecule has 3 aromatic carbocycles. The number of para-hydroxylation sites is 1.